The number of aromatic nitrogens is 1. The molecule has 1 amide bonds. The molecule has 0 saturated carbocycles. The molecule has 18 heavy (non-hydrogen) atoms. The lowest BCUT2D eigenvalue weighted by molar-refractivity contribution is -0.132. The highest BCUT2D eigenvalue weighted by atomic mass is 35.5. The Kier molecular flexibility index (Phi) is 4.27. The van der Waals surface area contributed by atoms with Gasteiger partial charge in [0.1, 0.15) is 5.82 Å². The second kappa shape index (κ2) is 5.73. The first-order valence-corrected chi connectivity index (χ1v) is 6.26. The van der Waals surface area contributed by atoms with Gasteiger partial charge in [0.2, 0.25) is 0 Å². The van der Waals surface area contributed by atoms with E-state index in [1.807, 2.05) is 4.90 Å². The minimum Gasteiger partial charge on any atom is -0.365 e. The highest BCUT2D eigenvalue weighted by Gasteiger charge is 2.27. The molecule has 2 rings (SSSR count). The van der Waals surface area contributed by atoms with Crippen LogP contribution in [0, 0.1) is 0 Å². The van der Waals surface area contributed by atoms with Crippen molar-refractivity contribution in [3.05, 3.63) is 22.3 Å². The molecular weight excluding hydrogens is 277 g/mol. The van der Waals surface area contributed by atoms with Crippen molar-refractivity contribution in [2.45, 2.75) is 6.10 Å². The van der Waals surface area contributed by atoms with Gasteiger partial charge in [-0.05, 0) is 6.07 Å². The van der Waals surface area contributed by atoms with Gasteiger partial charge >= 0.3 is 0 Å². The summed E-state index contributed by atoms with van der Waals surface area (Å²) < 4.78 is 5.40. The van der Waals surface area contributed by atoms with Crippen molar-refractivity contribution >= 4 is 34.9 Å². The van der Waals surface area contributed by atoms with Crippen LogP contribution in [-0.4, -0.2) is 43.7 Å². The Morgan fingerprint density at radius 3 is 3.06 bits per heavy atom. The van der Waals surface area contributed by atoms with Crippen LogP contribution in [0.2, 0.25) is 10.0 Å². The van der Waals surface area contributed by atoms with Gasteiger partial charge in [-0.1, -0.05) is 23.2 Å². The lowest BCUT2D eigenvalue weighted by atomic mass is 10.2. The van der Waals surface area contributed by atoms with Crippen LogP contribution in [0.1, 0.15) is 0 Å². The monoisotopic (exact) mass is 289 g/mol. The Balaban J connectivity index is 2.15. The molecule has 0 bridgehead atoms. The second-order valence-electron chi connectivity index (χ2n) is 3.88. The van der Waals surface area contributed by atoms with Gasteiger partial charge in [0.25, 0.3) is 5.91 Å². The number of anilines is 1. The fraction of sp³-hybridized carbons (Fsp3) is 0.455. The number of hydrogen-bond acceptors (Lipinski definition) is 4. The molecule has 0 aliphatic carbocycles. The maximum Gasteiger partial charge on any atom is 0.250 e. The highest BCUT2D eigenvalue weighted by Crippen LogP contribution is 2.27. The minimum absolute atomic E-state index is 0.148. The molecule has 98 valence electrons. The molecule has 1 aliphatic rings. The standard InChI is InChI=1S/C11H13Cl2N3O2/c1-14-11(17)9-6-16(2-3-18-9)10-8(13)4-7(12)5-15-10/h4-5,9H,2-3,6H2,1H3,(H,14,17). The zero-order chi connectivity index (χ0) is 13.1. The van der Waals surface area contributed by atoms with Crippen LogP contribution in [0.15, 0.2) is 12.3 Å². The Hall–Kier alpha value is -1.04. The average molecular weight is 290 g/mol. The molecule has 1 atom stereocenters. The Morgan fingerprint density at radius 2 is 2.39 bits per heavy atom. The molecule has 0 aromatic carbocycles. The average Bonchev–Trinajstić information content (AvgIpc) is 2.38. The quantitative estimate of drug-likeness (QED) is 0.893. The summed E-state index contributed by atoms with van der Waals surface area (Å²) in [6, 6.07) is 1.63. The van der Waals surface area contributed by atoms with Crippen LogP contribution in [0.25, 0.3) is 0 Å². The summed E-state index contributed by atoms with van der Waals surface area (Å²) in [6.07, 6.45) is 1.03. The van der Waals surface area contributed by atoms with Crippen molar-refractivity contribution in [1.82, 2.24) is 10.3 Å². The zero-order valence-corrected chi connectivity index (χ0v) is 11.3. The molecule has 7 heteroatoms. The minimum atomic E-state index is -0.503. The van der Waals surface area contributed by atoms with Crippen LogP contribution < -0.4 is 10.2 Å². The van der Waals surface area contributed by atoms with E-state index in [2.05, 4.69) is 10.3 Å². The normalized spacial score (nSPS) is 19.7. The molecule has 0 spiro atoms. The van der Waals surface area contributed by atoms with Gasteiger partial charge in [-0.25, -0.2) is 4.98 Å². The van der Waals surface area contributed by atoms with Gasteiger partial charge in [-0.3, -0.25) is 4.79 Å². The number of likely N-dealkylation sites (N-methyl/N-ethyl adjacent to an activating group) is 1. The first-order valence-electron chi connectivity index (χ1n) is 5.51. The predicted octanol–water partition coefficient (Wildman–Crippen LogP) is 1.34. The number of hydrogen-bond donors (Lipinski definition) is 1. The SMILES string of the molecule is CNC(=O)C1CN(c2ncc(Cl)cc2Cl)CCO1. The number of pyridine rings is 1. The third-order valence-electron chi connectivity index (χ3n) is 2.69. The molecule has 1 N–H and O–H groups in total. The van der Waals surface area contributed by atoms with Gasteiger partial charge in [-0.2, -0.15) is 0 Å². The van der Waals surface area contributed by atoms with Crippen molar-refractivity contribution in [2.24, 2.45) is 0 Å². The topological polar surface area (TPSA) is 54.5 Å². The number of halogens is 2. The molecular formula is C11H13Cl2N3O2. The van der Waals surface area contributed by atoms with E-state index >= 15 is 0 Å². The predicted molar refractivity (Wildman–Crippen MR) is 70.3 cm³/mol. The Bertz CT molecular complexity index is 456. The lowest BCUT2D eigenvalue weighted by Crippen LogP contribution is -2.49. The van der Waals surface area contributed by atoms with E-state index in [1.54, 1.807) is 13.1 Å². The van der Waals surface area contributed by atoms with E-state index in [0.29, 0.717) is 35.6 Å². The third kappa shape index (κ3) is 2.85. The smallest absolute Gasteiger partial charge is 0.250 e. The number of carbonyl (C=O) groups is 1. The van der Waals surface area contributed by atoms with Crippen LogP contribution in [0.5, 0.6) is 0 Å². The zero-order valence-electron chi connectivity index (χ0n) is 9.82. The van der Waals surface area contributed by atoms with E-state index in [9.17, 15) is 4.79 Å². The number of amides is 1. The number of nitrogens with zero attached hydrogens (tertiary/aromatic N) is 2. The molecule has 1 saturated heterocycles. The van der Waals surface area contributed by atoms with Crippen LogP contribution in [0.3, 0.4) is 0 Å². The van der Waals surface area contributed by atoms with Crippen molar-refractivity contribution in [3.63, 3.8) is 0 Å². The first kappa shape index (κ1) is 13.4. The van der Waals surface area contributed by atoms with Gasteiger partial charge in [0.05, 0.1) is 23.2 Å². The second-order valence-corrected chi connectivity index (χ2v) is 4.72. The van der Waals surface area contributed by atoms with Crippen molar-refractivity contribution in [1.29, 1.82) is 0 Å². The molecule has 0 radical (unpaired) electrons. The third-order valence-corrected chi connectivity index (χ3v) is 3.18. The fourth-order valence-corrected chi connectivity index (χ4v) is 2.30. The Labute approximate surface area is 115 Å². The number of ether oxygens (including phenoxy) is 1. The molecule has 1 unspecified atom stereocenters. The number of rotatable bonds is 2. The number of nitrogens with one attached hydrogen (secondary N) is 1. The summed E-state index contributed by atoms with van der Waals surface area (Å²) in [5.41, 5.74) is 0. The van der Waals surface area contributed by atoms with E-state index in [-0.39, 0.29) is 5.91 Å². The van der Waals surface area contributed by atoms with Crippen molar-refractivity contribution in [2.75, 3.05) is 31.6 Å². The molecule has 1 fully saturated rings. The number of carbonyl (C=O) groups excluding carboxylic acids is 1. The summed E-state index contributed by atoms with van der Waals surface area (Å²) in [7, 11) is 1.58. The van der Waals surface area contributed by atoms with Gasteiger partial charge in [-0.15, -0.1) is 0 Å². The lowest BCUT2D eigenvalue weighted by Gasteiger charge is -2.33. The van der Waals surface area contributed by atoms with Gasteiger partial charge in [0.15, 0.2) is 6.10 Å². The molecule has 2 heterocycles. The van der Waals surface area contributed by atoms with E-state index < -0.39 is 6.10 Å². The summed E-state index contributed by atoms with van der Waals surface area (Å²) in [5, 5.41) is 3.52. The van der Waals surface area contributed by atoms with Gasteiger partial charge in [0, 0.05) is 19.8 Å². The molecule has 1 aromatic rings. The molecule has 5 nitrogen and oxygen atoms in total. The first-order chi connectivity index (χ1) is 8.61. The van der Waals surface area contributed by atoms with Crippen LogP contribution in [0.4, 0.5) is 5.82 Å². The van der Waals surface area contributed by atoms with Crippen molar-refractivity contribution in [3.8, 4) is 0 Å². The summed E-state index contributed by atoms with van der Waals surface area (Å²) in [4.78, 5) is 17.7. The molecule has 1 aromatic heterocycles. The fourth-order valence-electron chi connectivity index (χ4n) is 1.80. The molecule has 1 aliphatic heterocycles. The maximum absolute atomic E-state index is 11.5. The highest BCUT2D eigenvalue weighted by molar-refractivity contribution is 6.36. The van der Waals surface area contributed by atoms with Crippen LogP contribution >= 0.6 is 23.2 Å². The van der Waals surface area contributed by atoms with Gasteiger partial charge < -0.3 is 15.0 Å². The summed E-state index contributed by atoms with van der Waals surface area (Å²) >= 11 is 11.9. The van der Waals surface area contributed by atoms with E-state index in [4.69, 9.17) is 27.9 Å². The van der Waals surface area contributed by atoms with E-state index in [0.717, 1.165) is 0 Å². The largest absolute Gasteiger partial charge is 0.365 e. The van der Waals surface area contributed by atoms with E-state index in [1.165, 1.54) is 6.20 Å². The summed E-state index contributed by atoms with van der Waals surface area (Å²) in [5.74, 6) is 0.475. The van der Waals surface area contributed by atoms with Crippen molar-refractivity contribution < 1.29 is 9.53 Å². The summed E-state index contributed by atoms with van der Waals surface area (Å²) in [6.45, 7) is 1.52. The number of morpholine rings is 1. The van der Waals surface area contributed by atoms with Crippen LogP contribution in [-0.2, 0) is 9.53 Å². The Morgan fingerprint density at radius 1 is 1.61 bits per heavy atom. The maximum atomic E-state index is 11.5.